The van der Waals surface area contributed by atoms with Crippen LogP contribution in [0.5, 0.6) is 0 Å². The van der Waals surface area contributed by atoms with Gasteiger partial charge in [0, 0.05) is 55.1 Å². The standard InChI is InChI=1S/C25H22N3.C11H20O2.Ir/c1-25(2,3)19-11-9-16(10-12-19)22-24-23(27-15-26-22)20-13-17-7-5-6-8-18(17)14-21(20)28(24)4;1-10(2,3)8(12)7-9(13)11(4,5)6;/h5-9,11-15H,1-4H3;7,12H,1-6H3;/q-1;;/b;8-7-;. The number of benzene rings is 3. The van der Waals surface area contributed by atoms with Crippen molar-refractivity contribution in [1.29, 1.82) is 0 Å². The Morgan fingerprint density at radius 1 is 0.881 bits per heavy atom. The van der Waals surface area contributed by atoms with Crippen LogP contribution in [-0.4, -0.2) is 25.4 Å². The van der Waals surface area contributed by atoms with Crippen molar-refractivity contribution in [2.24, 2.45) is 17.9 Å². The van der Waals surface area contributed by atoms with E-state index in [2.05, 4.69) is 103 Å². The summed E-state index contributed by atoms with van der Waals surface area (Å²) < 4.78 is 2.21. The summed E-state index contributed by atoms with van der Waals surface area (Å²) in [7, 11) is 2.09. The number of aromatic nitrogens is 3. The molecule has 223 valence electrons. The van der Waals surface area contributed by atoms with Gasteiger partial charge in [-0.2, -0.15) is 0 Å². The summed E-state index contributed by atoms with van der Waals surface area (Å²) in [6.07, 6.45) is 3.00. The first-order chi connectivity index (χ1) is 19.0. The number of aliphatic hydroxyl groups is 1. The molecule has 5 nitrogen and oxygen atoms in total. The number of fused-ring (bicyclic) bond motifs is 4. The SMILES string of the molecule is CC(C)(C)C(=O)/C=C(\O)C(C)(C)C.Cn1c2cc3ccccc3cc2c2ncnc(-c3[c-]cc(C(C)(C)C)cc3)c21.[Ir]. The zero-order valence-corrected chi connectivity index (χ0v) is 28.8. The Morgan fingerprint density at radius 3 is 2.02 bits per heavy atom. The van der Waals surface area contributed by atoms with E-state index in [-0.39, 0.29) is 42.5 Å². The van der Waals surface area contributed by atoms with E-state index in [4.69, 9.17) is 0 Å². The van der Waals surface area contributed by atoms with Gasteiger partial charge in [0.25, 0.3) is 0 Å². The van der Waals surface area contributed by atoms with Crippen molar-refractivity contribution < 1.29 is 30.0 Å². The molecule has 0 unspecified atom stereocenters. The van der Waals surface area contributed by atoms with Gasteiger partial charge in [-0.15, -0.1) is 35.4 Å². The maximum absolute atomic E-state index is 11.5. The summed E-state index contributed by atoms with van der Waals surface area (Å²) in [6, 6.07) is 22.8. The molecular formula is C36H42IrN3O2-. The molecule has 0 amide bonds. The van der Waals surface area contributed by atoms with Crippen LogP contribution in [0.1, 0.15) is 67.9 Å². The average Bonchev–Trinajstić information content (AvgIpc) is 3.17. The molecule has 0 fully saturated rings. The molecule has 0 saturated carbocycles. The molecule has 3 aromatic carbocycles. The molecular weight excluding hydrogens is 699 g/mol. The second kappa shape index (κ2) is 12.1. The first-order valence-corrected chi connectivity index (χ1v) is 14.1. The van der Waals surface area contributed by atoms with Crippen LogP contribution in [0.4, 0.5) is 0 Å². The minimum Gasteiger partial charge on any atom is -0.512 e. The van der Waals surface area contributed by atoms with Crippen molar-refractivity contribution in [3.8, 4) is 11.3 Å². The molecule has 2 aromatic heterocycles. The third-order valence-corrected chi connectivity index (χ3v) is 7.35. The third kappa shape index (κ3) is 6.99. The van der Waals surface area contributed by atoms with Crippen molar-refractivity contribution in [3.63, 3.8) is 0 Å². The maximum atomic E-state index is 11.5. The van der Waals surface area contributed by atoms with Crippen molar-refractivity contribution in [1.82, 2.24) is 14.5 Å². The summed E-state index contributed by atoms with van der Waals surface area (Å²) in [6.45, 7) is 17.8. The van der Waals surface area contributed by atoms with Crippen LogP contribution >= 0.6 is 0 Å². The number of aliphatic hydroxyl groups excluding tert-OH is 1. The van der Waals surface area contributed by atoms with Crippen LogP contribution in [0.15, 0.2) is 72.8 Å². The van der Waals surface area contributed by atoms with Gasteiger partial charge in [-0.3, -0.25) is 9.78 Å². The Hall–Kier alpha value is -3.34. The monoisotopic (exact) mass is 741 g/mol. The molecule has 2 heterocycles. The normalized spacial score (nSPS) is 12.7. The molecule has 0 atom stereocenters. The van der Waals surface area contributed by atoms with Gasteiger partial charge in [-0.05, 0) is 28.3 Å². The Kier molecular flexibility index (Phi) is 9.56. The Bertz CT molecular complexity index is 1760. The zero-order chi connectivity index (χ0) is 30.3. The molecule has 42 heavy (non-hydrogen) atoms. The minimum atomic E-state index is -0.417. The molecule has 0 aliphatic heterocycles. The number of nitrogens with zero attached hydrogens (tertiary/aromatic N) is 3. The van der Waals surface area contributed by atoms with Gasteiger partial charge in [0.05, 0.1) is 16.6 Å². The van der Waals surface area contributed by atoms with E-state index < -0.39 is 5.41 Å². The minimum absolute atomic E-state index is 0. The van der Waals surface area contributed by atoms with Crippen molar-refractivity contribution in [2.45, 2.75) is 67.7 Å². The second-order valence-electron chi connectivity index (χ2n) is 13.8. The first-order valence-electron chi connectivity index (χ1n) is 14.1. The predicted octanol–water partition coefficient (Wildman–Crippen LogP) is 9.13. The van der Waals surface area contributed by atoms with Gasteiger partial charge >= 0.3 is 0 Å². The summed E-state index contributed by atoms with van der Waals surface area (Å²) in [4.78, 5) is 20.8. The molecule has 1 N–H and O–H groups in total. The van der Waals surface area contributed by atoms with Gasteiger partial charge in [-0.25, -0.2) is 4.98 Å². The van der Waals surface area contributed by atoms with E-state index in [1.807, 2.05) is 41.5 Å². The van der Waals surface area contributed by atoms with Crippen molar-refractivity contribution in [3.05, 3.63) is 84.4 Å². The Morgan fingerprint density at radius 2 is 1.50 bits per heavy atom. The fourth-order valence-corrected chi connectivity index (χ4v) is 4.50. The van der Waals surface area contributed by atoms with Crippen molar-refractivity contribution >= 4 is 38.5 Å². The summed E-state index contributed by atoms with van der Waals surface area (Å²) in [5.41, 5.74) is 5.74. The Labute approximate surface area is 263 Å². The Balaban J connectivity index is 0.000000297. The third-order valence-electron chi connectivity index (χ3n) is 7.35. The predicted molar refractivity (Wildman–Crippen MR) is 171 cm³/mol. The van der Waals surface area contributed by atoms with Gasteiger partial charge in [0.15, 0.2) is 5.78 Å². The van der Waals surface area contributed by atoms with Crippen LogP contribution in [0.2, 0.25) is 0 Å². The molecule has 0 aliphatic rings. The van der Waals surface area contributed by atoms with Crippen LogP contribution in [-0.2, 0) is 37.4 Å². The summed E-state index contributed by atoms with van der Waals surface area (Å²) in [5, 5.41) is 13.2. The molecule has 0 bridgehead atoms. The van der Waals surface area contributed by atoms with E-state index in [1.165, 1.54) is 27.9 Å². The average molecular weight is 741 g/mol. The molecule has 6 heteroatoms. The molecule has 1 radical (unpaired) electrons. The number of aryl methyl sites for hydroxylation is 1. The first kappa shape index (κ1) is 33.2. The van der Waals surface area contributed by atoms with Crippen molar-refractivity contribution in [2.75, 3.05) is 0 Å². The second-order valence-corrected chi connectivity index (χ2v) is 13.8. The molecule has 0 spiro atoms. The van der Waals surface area contributed by atoms with E-state index in [9.17, 15) is 9.90 Å². The zero-order valence-electron chi connectivity index (χ0n) is 26.4. The van der Waals surface area contributed by atoms with Gasteiger partial charge in [-0.1, -0.05) is 86.6 Å². The molecule has 5 rings (SSSR count). The van der Waals surface area contributed by atoms with Gasteiger partial charge in [0.1, 0.15) is 12.1 Å². The number of rotatable bonds is 2. The van der Waals surface area contributed by atoms with Crippen LogP contribution in [0.3, 0.4) is 0 Å². The van der Waals surface area contributed by atoms with Crippen LogP contribution in [0, 0.1) is 16.9 Å². The van der Waals surface area contributed by atoms with Gasteiger partial charge < -0.3 is 9.67 Å². The largest absolute Gasteiger partial charge is 0.512 e. The van der Waals surface area contributed by atoms with Crippen LogP contribution in [0.25, 0.3) is 44.0 Å². The fourth-order valence-electron chi connectivity index (χ4n) is 4.50. The van der Waals surface area contributed by atoms with E-state index in [1.54, 1.807) is 6.33 Å². The number of ketones is 1. The van der Waals surface area contributed by atoms with E-state index in [0.717, 1.165) is 27.7 Å². The fraction of sp³-hybridized carbons (Fsp3) is 0.361. The topological polar surface area (TPSA) is 68.0 Å². The molecule has 0 aliphatic carbocycles. The smallest absolute Gasteiger partial charge is 0.164 e. The maximum Gasteiger partial charge on any atom is 0.164 e. The number of hydrogen-bond donors (Lipinski definition) is 1. The number of carbonyl (C=O) groups excluding carboxylic acids is 1. The molecule has 5 aromatic rings. The quantitative estimate of drug-likeness (QED) is 0.111. The number of hydrogen-bond acceptors (Lipinski definition) is 4. The number of carbonyl (C=O) groups is 1. The van der Waals surface area contributed by atoms with E-state index >= 15 is 0 Å². The molecule has 0 saturated heterocycles. The van der Waals surface area contributed by atoms with E-state index in [0.29, 0.717) is 0 Å². The summed E-state index contributed by atoms with van der Waals surface area (Å²) in [5.74, 6) is 0.104. The van der Waals surface area contributed by atoms with Crippen LogP contribution < -0.4 is 0 Å². The van der Waals surface area contributed by atoms with Gasteiger partial charge in [0.2, 0.25) is 0 Å². The number of allylic oxidation sites excluding steroid dienone is 2. The summed E-state index contributed by atoms with van der Waals surface area (Å²) >= 11 is 0.